The fourth-order valence-corrected chi connectivity index (χ4v) is 2.29. The Labute approximate surface area is 102 Å². The number of carboxylic acids is 1. The predicted octanol–water partition coefficient (Wildman–Crippen LogP) is 2.82. The van der Waals surface area contributed by atoms with Crippen molar-refractivity contribution in [3.8, 4) is 0 Å². The van der Waals surface area contributed by atoms with Crippen LogP contribution in [0.5, 0.6) is 0 Å². The molecule has 0 heterocycles. The van der Waals surface area contributed by atoms with Gasteiger partial charge < -0.3 is 5.11 Å². The van der Waals surface area contributed by atoms with Crippen LogP contribution in [0.15, 0.2) is 24.8 Å². The van der Waals surface area contributed by atoms with Crippen molar-refractivity contribution in [1.82, 2.24) is 0 Å². The quantitative estimate of drug-likeness (QED) is 0.721. The second-order valence-corrected chi connectivity index (χ2v) is 4.73. The summed E-state index contributed by atoms with van der Waals surface area (Å²) in [5.74, 6) is -0.377. The fraction of sp³-hybridized carbons (Fsp3) is 0.571. The van der Waals surface area contributed by atoms with Crippen molar-refractivity contribution in [3.05, 3.63) is 24.8 Å². The summed E-state index contributed by atoms with van der Waals surface area (Å²) in [6.07, 6.45) is 7.86. The average Bonchev–Trinajstić information content (AvgIpc) is 2.60. The van der Waals surface area contributed by atoms with E-state index >= 15 is 0 Å². The van der Waals surface area contributed by atoms with E-state index in [-0.39, 0.29) is 24.0 Å². The second-order valence-electron chi connectivity index (χ2n) is 4.73. The van der Waals surface area contributed by atoms with E-state index in [9.17, 15) is 9.59 Å². The van der Waals surface area contributed by atoms with Gasteiger partial charge in [0.1, 0.15) is 5.78 Å². The molecule has 3 atom stereocenters. The highest BCUT2D eigenvalue weighted by atomic mass is 16.4. The predicted molar refractivity (Wildman–Crippen MR) is 66.6 cm³/mol. The highest BCUT2D eigenvalue weighted by Crippen LogP contribution is 2.34. The molecule has 0 aliphatic heterocycles. The molecule has 1 N–H and O–H groups in total. The van der Waals surface area contributed by atoms with E-state index in [1.807, 2.05) is 25.2 Å². The summed E-state index contributed by atoms with van der Waals surface area (Å²) in [4.78, 5) is 22.4. The maximum atomic E-state index is 11.7. The van der Waals surface area contributed by atoms with Gasteiger partial charge in [-0.2, -0.15) is 0 Å². The molecule has 0 aromatic rings. The third kappa shape index (κ3) is 4.17. The van der Waals surface area contributed by atoms with Crippen LogP contribution >= 0.6 is 0 Å². The van der Waals surface area contributed by atoms with Crippen molar-refractivity contribution >= 4 is 11.8 Å². The Morgan fingerprint density at radius 2 is 2.35 bits per heavy atom. The maximum absolute atomic E-state index is 11.7. The number of aliphatic carboxylic acids is 1. The van der Waals surface area contributed by atoms with Gasteiger partial charge in [0.2, 0.25) is 0 Å². The Balaban J connectivity index is 2.53. The first-order valence-corrected chi connectivity index (χ1v) is 6.08. The largest absolute Gasteiger partial charge is 0.481 e. The number of allylic oxidation sites excluding steroid dienone is 3. The molecule has 3 nitrogen and oxygen atoms in total. The minimum absolute atomic E-state index is 0.0173. The number of hydrogen-bond acceptors (Lipinski definition) is 2. The van der Waals surface area contributed by atoms with Crippen LogP contribution in [0.2, 0.25) is 0 Å². The molecule has 0 aromatic heterocycles. The molecule has 94 valence electrons. The first-order chi connectivity index (χ1) is 8.04. The van der Waals surface area contributed by atoms with Crippen molar-refractivity contribution in [3.63, 3.8) is 0 Å². The molecule has 0 aromatic carbocycles. The summed E-state index contributed by atoms with van der Waals surface area (Å²) < 4.78 is 0. The molecule has 17 heavy (non-hydrogen) atoms. The third-order valence-electron chi connectivity index (χ3n) is 3.38. The van der Waals surface area contributed by atoms with E-state index in [2.05, 4.69) is 6.58 Å². The van der Waals surface area contributed by atoms with Gasteiger partial charge >= 0.3 is 5.97 Å². The van der Waals surface area contributed by atoms with Crippen LogP contribution in [0, 0.1) is 17.8 Å². The van der Waals surface area contributed by atoms with Crippen LogP contribution < -0.4 is 0 Å². The summed E-state index contributed by atoms with van der Waals surface area (Å²) >= 11 is 0. The molecule has 1 fully saturated rings. The first-order valence-electron chi connectivity index (χ1n) is 6.08. The molecule has 3 heteroatoms. The third-order valence-corrected chi connectivity index (χ3v) is 3.38. The minimum atomic E-state index is -0.807. The Bertz CT molecular complexity index is 330. The van der Waals surface area contributed by atoms with E-state index in [1.54, 1.807) is 0 Å². The molecule has 0 amide bonds. The lowest BCUT2D eigenvalue weighted by atomic mass is 9.89. The van der Waals surface area contributed by atoms with Crippen molar-refractivity contribution in [2.45, 2.75) is 32.6 Å². The zero-order chi connectivity index (χ0) is 12.8. The molecule has 0 bridgehead atoms. The van der Waals surface area contributed by atoms with Crippen molar-refractivity contribution in [1.29, 1.82) is 0 Å². The molecule has 1 saturated carbocycles. The number of rotatable bonds is 6. The van der Waals surface area contributed by atoms with E-state index in [0.717, 1.165) is 6.42 Å². The van der Waals surface area contributed by atoms with E-state index in [4.69, 9.17) is 5.11 Å². The number of carbonyl (C=O) groups is 2. The van der Waals surface area contributed by atoms with Gasteiger partial charge in [-0.05, 0) is 24.7 Å². The van der Waals surface area contributed by atoms with Gasteiger partial charge in [-0.15, -0.1) is 6.58 Å². The Morgan fingerprint density at radius 1 is 1.65 bits per heavy atom. The van der Waals surface area contributed by atoms with Gasteiger partial charge in [0.25, 0.3) is 0 Å². The summed E-state index contributed by atoms with van der Waals surface area (Å²) in [7, 11) is 0. The van der Waals surface area contributed by atoms with E-state index < -0.39 is 5.97 Å². The highest BCUT2D eigenvalue weighted by molar-refractivity contribution is 5.84. The molecule has 1 rings (SSSR count). The molecular formula is C14H20O3. The number of carboxylic acid groups (broad SMARTS) is 1. The van der Waals surface area contributed by atoms with Crippen LogP contribution in [0.1, 0.15) is 32.6 Å². The van der Waals surface area contributed by atoms with E-state index in [0.29, 0.717) is 18.8 Å². The fourth-order valence-electron chi connectivity index (χ4n) is 2.29. The van der Waals surface area contributed by atoms with Gasteiger partial charge in [0.15, 0.2) is 0 Å². The summed E-state index contributed by atoms with van der Waals surface area (Å²) in [5, 5.41) is 8.79. The molecule has 0 radical (unpaired) electrons. The van der Waals surface area contributed by atoms with Gasteiger partial charge in [-0.25, -0.2) is 0 Å². The van der Waals surface area contributed by atoms with E-state index in [1.165, 1.54) is 0 Å². The zero-order valence-electron chi connectivity index (χ0n) is 10.3. The SMILES string of the molecule is C=CC(C)/C=C\CC1C(=O)CCC1CC(=O)O. The average molecular weight is 236 g/mol. The smallest absolute Gasteiger partial charge is 0.303 e. The summed E-state index contributed by atoms with van der Waals surface area (Å²) in [6, 6.07) is 0. The first kappa shape index (κ1) is 13.7. The van der Waals surface area contributed by atoms with Crippen molar-refractivity contribution in [2.24, 2.45) is 17.8 Å². The van der Waals surface area contributed by atoms with Gasteiger partial charge in [0.05, 0.1) is 0 Å². The van der Waals surface area contributed by atoms with Gasteiger partial charge in [0, 0.05) is 18.8 Å². The Morgan fingerprint density at radius 3 is 2.94 bits per heavy atom. The van der Waals surface area contributed by atoms with Crippen LogP contribution in [-0.2, 0) is 9.59 Å². The number of Topliss-reactive ketones (excluding diaryl/α,β-unsaturated/α-hetero) is 1. The summed E-state index contributed by atoms with van der Waals surface area (Å²) in [5.41, 5.74) is 0. The molecular weight excluding hydrogens is 216 g/mol. The Kier molecular flexibility index (Phi) is 5.13. The monoisotopic (exact) mass is 236 g/mol. The van der Waals surface area contributed by atoms with Crippen molar-refractivity contribution in [2.75, 3.05) is 0 Å². The highest BCUT2D eigenvalue weighted by Gasteiger charge is 2.34. The molecule has 1 aliphatic rings. The molecule has 3 unspecified atom stereocenters. The molecule has 1 aliphatic carbocycles. The number of hydrogen-bond donors (Lipinski definition) is 1. The number of ketones is 1. The van der Waals surface area contributed by atoms with Gasteiger partial charge in [-0.3, -0.25) is 9.59 Å². The van der Waals surface area contributed by atoms with Gasteiger partial charge in [-0.1, -0.05) is 25.2 Å². The Hall–Kier alpha value is -1.38. The minimum Gasteiger partial charge on any atom is -0.481 e. The molecule has 0 spiro atoms. The second kappa shape index (κ2) is 6.38. The maximum Gasteiger partial charge on any atom is 0.303 e. The topological polar surface area (TPSA) is 54.4 Å². The summed E-state index contributed by atoms with van der Waals surface area (Å²) in [6.45, 7) is 5.71. The lowest BCUT2D eigenvalue weighted by Gasteiger charge is -2.14. The van der Waals surface area contributed by atoms with Crippen LogP contribution in [-0.4, -0.2) is 16.9 Å². The normalized spacial score (nSPS) is 26.3. The number of carbonyl (C=O) groups excluding carboxylic acids is 1. The van der Waals surface area contributed by atoms with Crippen molar-refractivity contribution < 1.29 is 14.7 Å². The van der Waals surface area contributed by atoms with Crippen LogP contribution in [0.4, 0.5) is 0 Å². The van der Waals surface area contributed by atoms with Crippen LogP contribution in [0.25, 0.3) is 0 Å². The standard InChI is InChI=1S/C14H20O3/c1-3-10(2)5-4-6-12-11(9-14(16)17)7-8-13(12)15/h3-5,10-12H,1,6-9H2,2H3,(H,16,17)/b5-4-. The lowest BCUT2D eigenvalue weighted by molar-refractivity contribution is -0.138. The molecule has 0 saturated heterocycles. The van der Waals surface area contributed by atoms with Crippen LogP contribution in [0.3, 0.4) is 0 Å². The zero-order valence-corrected chi connectivity index (χ0v) is 10.3. The lowest BCUT2D eigenvalue weighted by Crippen LogP contribution is -2.17.